The first-order chi connectivity index (χ1) is 14.2. The summed E-state index contributed by atoms with van der Waals surface area (Å²) in [6.45, 7) is 11.1. The number of aryl methyl sites for hydroxylation is 2. The molecule has 4 heterocycles. The van der Waals surface area contributed by atoms with Crippen molar-refractivity contribution in [2.45, 2.75) is 40.5 Å². The third-order valence-electron chi connectivity index (χ3n) is 7.24. The van der Waals surface area contributed by atoms with Crippen molar-refractivity contribution in [1.29, 1.82) is 0 Å². The molecule has 0 unspecified atom stereocenters. The van der Waals surface area contributed by atoms with Crippen LogP contribution in [-0.4, -0.2) is 57.8 Å². The molecule has 0 saturated carbocycles. The van der Waals surface area contributed by atoms with Crippen molar-refractivity contribution in [3.8, 4) is 0 Å². The van der Waals surface area contributed by atoms with Crippen molar-refractivity contribution in [2.24, 2.45) is 10.8 Å². The molecule has 2 aliphatic rings. The fourth-order valence-corrected chi connectivity index (χ4v) is 4.97. The molecule has 0 aliphatic carbocycles. The summed E-state index contributed by atoms with van der Waals surface area (Å²) < 4.78 is 0. The number of fused-ring (bicyclic) bond motifs is 1. The Balaban J connectivity index is 1.42. The van der Waals surface area contributed by atoms with Gasteiger partial charge in [-0.2, -0.15) is 0 Å². The van der Waals surface area contributed by atoms with Crippen molar-refractivity contribution in [3.05, 3.63) is 59.2 Å². The van der Waals surface area contributed by atoms with Gasteiger partial charge in [-0.05, 0) is 37.1 Å². The van der Waals surface area contributed by atoms with E-state index in [1.165, 1.54) is 0 Å². The zero-order valence-corrected chi connectivity index (χ0v) is 18.3. The van der Waals surface area contributed by atoms with Gasteiger partial charge in [-0.1, -0.05) is 26.0 Å². The molecule has 0 bridgehead atoms. The second kappa shape index (κ2) is 7.49. The van der Waals surface area contributed by atoms with Crippen LogP contribution in [0.5, 0.6) is 0 Å². The maximum Gasteiger partial charge on any atom is 0.227 e. The predicted molar refractivity (Wildman–Crippen MR) is 115 cm³/mol. The molecule has 0 atom stereocenters. The minimum Gasteiger partial charge on any atom is -0.341 e. The molecule has 2 amide bonds. The van der Waals surface area contributed by atoms with Gasteiger partial charge in [0.15, 0.2) is 0 Å². The topological polar surface area (TPSA) is 66.4 Å². The number of hydrogen-bond acceptors (Lipinski definition) is 4. The number of carbonyl (C=O) groups excluding carboxylic acids is 2. The maximum atomic E-state index is 13.0. The lowest BCUT2D eigenvalue weighted by Gasteiger charge is -2.29. The highest BCUT2D eigenvalue weighted by atomic mass is 16.2. The van der Waals surface area contributed by atoms with Crippen molar-refractivity contribution < 1.29 is 9.59 Å². The Bertz CT molecular complexity index is 895. The van der Waals surface area contributed by atoms with E-state index in [-0.39, 0.29) is 22.6 Å². The summed E-state index contributed by atoms with van der Waals surface area (Å²) in [4.78, 5) is 38.5. The number of rotatable bonds is 4. The molecule has 158 valence electrons. The molecule has 2 aliphatic heterocycles. The monoisotopic (exact) mass is 406 g/mol. The van der Waals surface area contributed by atoms with Gasteiger partial charge in [0.05, 0.1) is 12.8 Å². The van der Waals surface area contributed by atoms with Gasteiger partial charge < -0.3 is 9.80 Å². The van der Waals surface area contributed by atoms with Gasteiger partial charge in [-0.3, -0.25) is 19.6 Å². The van der Waals surface area contributed by atoms with Gasteiger partial charge in [-0.25, -0.2) is 0 Å². The highest BCUT2D eigenvalue weighted by Crippen LogP contribution is 2.51. The van der Waals surface area contributed by atoms with Gasteiger partial charge in [-0.15, -0.1) is 0 Å². The maximum absolute atomic E-state index is 13.0. The SMILES string of the molecule is Cc1ncccc1CC(=O)N1CC2(C)CN(C(=O)Cc3cccnc3C)CC2(C)C1. The molecular weight excluding hydrogens is 376 g/mol. The highest BCUT2D eigenvalue weighted by Gasteiger charge is 2.59. The summed E-state index contributed by atoms with van der Waals surface area (Å²) in [5, 5.41) is 0. The molecule has 2 aromatic rings. The molecule has 0 aromatic carbocycles. The molecule has 0 radical (unpaired) electrons. The summed E-state index contributed by atoms with van der Waals surface area (Å²) in [6, 6.07) is 7.71. The van der Waals surface area contributed by atoms with Crippen LogP contribution in [0.1, 0.15) is 36.4 Å². The van der Waals surface area contributed by atoms with Crippen LogP contribution in [0.25, 0.3) is 0 Å². The Morgan fingerprint density at radius 1 is 0.800 bits per heavy atom. The van der Waals surface area contributed by atoms with E-state index >= 15 is 0 Å². The van der Waals surface area contributed by atoms with Gasteiger partial charge in [0.25, 0.3) is 0 Å². The molecule has 2 saturated heterocycles. The standard InChI is InChI=1S/C24H30N4O2/c1-17-19(7-5-9-25-17)11-21(29)27-13-23(3)15-28(16-24(23,4)14-27)22(30)12-20-8-6-10-26-18(20)2/h5-10H,11-16H2,1-4H3. The lowest BCUT2D eigenvalue weighted by atomic mass is 9.71. The predicted octanol–water partition coefficient (Wildman–Crippen LogP) is 2.58. The minimum atomic E-state index is -0.0910. The second-order valence-electron chi connectivity index (χ2n) is 9.47. The van der Waals surface area contributed by atoms with Crippen LogP contribution in [0.15, 0.2) is 36.7 Å². The third kappa shape index (κ3) is 3.59. The lowest BCUT2D eigenvalue weighted by Crippen LogP contribution is -2.39. The number of carbonyl (C=O) groups is 2. The zero-order valence-electron chi connectivity index (χ0n) is 18.3. The van der Waals surface area contributed by atoms with Crippen LogP contribution in [0.2, 0.25) is 0 Å². The number of nitrogens with zero attached hydrogens (tertiary/aromatic N) is 4. The van der Waals surface area contributed by atoms with Crippen LogP contribution in [-0.2, 0) is 22.4 Å². The normalized spacial score (nSPS) is 25.5. The minimum absolute atomic E-state index is 0.0910. The average Bonchev–Trinajstić information content (AvgIpc) is 3.10. The van der Waals surface area contributed by atoms with Gasteiger partial charge in [0.2, 0.25) is 11.8 Å². The van der Waals surface area contributed by atoms with Crippen LogP contribution < -0.4 is 0 Å². The Labute approximate surface area is 178 Å². The summed E-state index contributed by atoms with van der Waals surface area (Å²) in [5.41, 5.74) is 3.60. The van der Waals surface area contributed by atoms with Crippen LogP contribution in [0.4, 0.5) is 0 Å². The van der Waals surface area contributed by atoms with Crippen molar-refractivity contribution >= 4 is 11.8 Å². The van der Waals surface area contributed by atoms with E-state index in [0.717, 1.165) is 22.5 Å². The quantitative estimate of drug-likeness (QED) is 0.783. The van der Waals surface area contributed by atoms with Crippen LogP contribution in [0, 0.1) is 24.7 Å². The van der Waals surface area contributed by atoms with E-state index < -0.39 is 0 Å². The van der Waals surface area contributed by atoms with E-state index in [4.69, 9.17) is 0 Å². The molecule has 30 heavy (non-hydrogen) atoms. The molecular formula is C24H30N4O2. The van der Waals surface area contributed by atoms with Crippen LogP contribution >= 0.6 is 0 Å². The molecule has 4 rings (SSSR count). The first-order valence-corrected chi connectivity index (χ1v) is 10.6. The first-order valence-electron chi connectivity index (χ1n) is 10.6. The van der Waals surface area contributed by atoms with Crippen LogP contribution in [0.3, 0.4) is 0 Å². The zero-order chi connectivity index (χ0) is 21.5. The van der Waals surface area contributed by atoms with Gasteiger partial charge in [0.1, 0.15) is 0 Å². The van der Waals surface area contributed by atoms with Crippen molar-refractivity contribution in [2.75, 3.05) is 26.2 Å². The molecule has 6 heteroatoms. The number of pyridine rings is 2. The van der Waals surface area contributed by atoms with E-state index in [0.29, 0.717) is 39.0 Å². The van der Waals surface area contributed by atoms with E-state index in [9.17, 15) is 9.59 Å². The third-order valence-corrected chi connectivity index (χ3v) is 7.24. The largest absolute Gasteiger partial charge is 0.341 e. The molecule has 0 N–H and O–H groups in total. The summed E-state index contributed by atoms with van der Waals surface area (Å²) >= 11 is 0. The highest BCUT2D eigenvalue weighted by molar-refractivity contribution is 5.81. The van der Waals surface area contributed by atoms with E-state index in [1.807, 2.05) is 47.9 Å². The molecule has 2 fully saturated rings. The lowest BCUT2D eigenvalue weighted by molar-refractivity contribution is -0.131. The fraction of sp³-hybridized carbons (Fsp3) is 0.500. The summed E-state index contributed by atoms with van der Waals surface area (Å²) in [5.74, 6) is 0.290. The fourth-order valence-electron chi connectivity index (χ4n) is 4.97. The summed E-state index contributed by atoms with van der Waals surface area (Å²) in [7, 11) is 0. The van der Waals surface area contributed by atoms with Gasteiger partial charge in [0, 0.05) is 60.8 Å². The Kier molecular flexibility index (Phi) is 5.12. The van der Waals surface area contributed by atoms with E-state index in [1.54, 1.807) is 12.4 Å². The Morgan fingerprint density at radius 2 is 1.17 bits per heavy atom. The smallest absolute Gasteiger partial charge is 0.227 e. The number of aromatic nitrogens is 2. The number of hydrogen-bond donors (Lipinski definition) is 0. The van der Waals surface area contributed by atoms with E-state index in [2.05, 4.69) is 23.8 Å². The second-order valence-corrected chi connectivity index (χ2v) is 9.47. The summed E-state index contributed by atoms with van der Waals surface area (Å²) in [6.07, 6.45) is 4.28. The molecule has 6 nitrogen and oxygen atoms in total. The molecule has 0 spiro atoms. The average molecular weight is 407 g/mol. The molecule has 2 aromatic heterocycles. The van der Waals surface area contributed by atoms with Crippen molar-refractivity contribution in [1.82, 2.24) is 19.8 Å². The van der Waals surface area contributed by atoms with Crippen molar-refractivity contribution in [3.63, 3.8) is 0 Å². The van der Waals surface area contributed by atoms with Gasteiger partial charge >= 0.3 is 0 Å². The Morgan fingerprint density at radius 3 is 1.50 bits per heavy atom. The number of amides is 2. The number of likely N-dealkylation sites (tertiary alicyclic amines) is 2. The Hall–Kier alpha value is -2.76. The first kappa shape index (κ1) is 20.5.